The van der Waals surface area contributed by atoms with Gasteiger partial charge in [-0.15, -0.1) is 0 Å². The van der Waals surface area contributed by atoms with Crippen LogP contribution in [-0.4, -0.2) is 20.2 Å². The van der Waals surface area contributed by atoms with Gasteiger partial charge in [0.05, 0.1) is 7.11 Å². The van der Waals surface area contributed by atoms with Crippen LogP contribution in [0, 0.1) is 6.07 Å². The van der Waals surface area contributed by atoms with Crippen molar-refractivity contribution in [1.29, 1.82) is 0 Å². The van der Waals surface area contributed by atoms with Gasteiger partial charge in [0.15, 0.2) is 0 Å². The maximum absolute atomic E-state index is 5.09. The second-order valence-corrected chi connectivity index (χ2v) is 2.96. The van der Waals surface area contributed by atoms with Gasteiger partial charge in [0, 0.05) is 30.9 Å². The highest BCUT2D eigenvalue weighted by Crippen LogP contribution is 2.23. The zero-order chi connectivity index (χ0) is 8.39. The minimum atomic E-state index is 0.819. The Morgan fingerprint density at radius 2 is 2.33 bits per heavy atom. The molecule has 1 heterocycles. The lowest BCUT2D eigenvalue weighted by atomic mass is 10.2. The van der Waals surface area contributed by atoms with E-state index in [1.165, 1.54) is 25.2 Å². The molecule has 0 bridgehead atoms. The number of hydrogen-bond donors (Lipinski definition) is 0. The lowest BCUT2D eigenvalue weighted by Gasteiger charge is -2.33. The van der Waals surface area contributed by atoms with Gasteiger partial charge in [-0.2, -0.15) is 0 Å². The quantitative estimate of drug-likeness (QED) is 0.656. The molecule has 0 amide bonds. The molecule has 2 heteroatoms. The number of hydrogen-bond acceptors (Lipinski definition) is 2. The minimum absolute atomic E-state index is 0.819. The predicted molar refractivity (Wildman–Crippen MR) is 48.7 cm³/mol. The number of anilines is 1. The summed E-state index contributed by atoms with van der Waals surface area (Å²) in [7, 11) is 1.67. The molecule has 0 aromatic heterocycles. The van der Waals surface area contributed by atoms with E-state index in [-0.39, 0.29) is 0 Å². The molecule has 0 N–H and O–H groups in total. The maximum atomic E-state index is 5.09. The summed E-state index contributed by atoms with van der Waals surface area (Å²) < 4.78 is 5.09. The Bertz CT molecular complexity index is 268. The van der Waals surface area contributed by atoms with Crippen LogP contribution in [0.2, 0.25) is 0 Å². The third-order valence-electron chi connectivity index (χ3n) is 2.20. The Labute approximate surface area is 72.8 Å². The van der Waals surface area contributed by atoms with Crippen LogP contribution in [0.15, 0.2) is 18.2 Å². The molecule has 1 fully saturated rings. The molecule has 12 heavy (non-hydrogen) atoms. The van der Waals surface area contributed by atoms with Gasteiger partial charge in [0.1, 0.15) is 5.75 Å². The number of benzene rings is 1. The van der Waals surface area contributed by atoms with Crippen molar-refractivity contribution >= 4 is 5.69 Å². The summed E-state index contributed by atoms with van der Waals surface area (Å²) in [5.74, 6) is 0.819. The molecule has 2 rings (SSSR count). The summed E-state index contributed by atoms with van der Waals surface area (Å²) in [6.45, 7) is 2.35. The summed E-state index contributed by atoms with van der Waals surface area (Å²) in [6, 6.07) is 9.02. The van der Waals surface area contributed by atoms with Gasteiger partial charge in [-0.05, 0) is 18.6 Å². The van der Waals surface area contributed by atoms with Crippen molar-refractivity contribution in [2.75, 3.05) is 25.1 Å². The third-order valence-corrected chi connectivity index (χ3v) is 2.20. The van der Waals surface area contributed by atoms with E-state index in [9.17, 15) is 0 Å². The number of methoxy groups -OCH3 is 1. The van der Waals surface area contributed by atoms with Gasteiger partial charge in [0.25, 0.3) is 0 Å². The molecule has 1 aromatic carbocycles. The molecular formula is C10H12NO. The number of nitrogens with zero attached hydrogens (tertiary/aromatic N) is 1. The van der Waals surface area contributed by atoms with Crippen molar-refractivity contribution in [2.45, 2.75) is 6.42 Å². The molecule has 0 spiro atoms. The first-order chi connectivity index (χ1) is 5.90. The van der Waals surface area contributed by atoms with Gasteiger partial charge >= 0.3 is 0 Å². The van der Waals surface area contributed by atoms with Crippen molar-refractivity contribution in [3.05, 3.63) is 24.3 Å². The van der Waals surface area contributed by atoms with Crippen molar-refractivity contribution in [3.63, 3.8) is 0 Å². The Kier molecular flexibility index (Phi) is 1.90. The fourth-order valence-corrected chi connectivity index (χ4v) is 1.32. The summed E-state index contributed by atoms with van der Waals surface area (Å²) in [5.41, 5.74) is 1.25. The van der Waals surface area contributed by atoms with Crippen LogP contribution in [0.25, 0.3) is 0 Å². The number of rotatable bonds is 2. The lowest BCUT2D eigenvalue weighted by molar-refractivity contribution is 0.413. The summed E-state index contributed by atoms with van der Waals surface area (Å²) >= 11 is 0. The molecule has 0 unspecified atom stereocenters. The fraction of sp³-hybridized carbons (Fsp3) is 0.400. The first kappa shape index (κ1) is 7.47. The third kappa shape index (κ3) is 1.24. The first-order valence-electron chi connectivity index (χ1n) is 4.21. The monoisotopic (exact) mass is 162 g/mol. The van der Waals surface area contributed by atoms with Crippen molar-refractivity contribution < 1.29 is 4.74 Å². The van der Waals surface area contributed by atoms with Crippen molar-refractivity contribution in [2.24, 2.45) is 0 Å². The Balaban J connectivity index is 2.19. The average molecular weight is 162 g/mol. The van der Waals surface area contributed by atoms with Gasteiger partial charge in [-0.25, -0.2) is 0 Å². The van der Waals surface area contributed by atoms with Crippen LogP contribution < -0.4 is 9.64 Å². The van der Waals surface area contributed by atoms with Crippen molar-refractivity contribution in [3.8, 4) is 5.75 Å². The summed E-state index contributed by atoms with van der Waals surface area (Å²) in [5, 5.41) is 0. The maximum Gasteiger partial charge on any atom is 0.128 e. The van der Waals surface area contributed by atoms with Gasteiger partial charge < -0.3 is 9.64 Å². The van der Waals surface area contributed by atoms with Crippen LogP contribution in [-0.2, 0) is 0 Å². The van der Waals surface area contributed by atoms with E-state index in [0.29, 0.717) is 0 Å². The normalized spacial score (nSPS) is 15.6. The molecule has 1 radical (unpaired) electrons. The van der Waals surface area contributed by atoms with Crippen LogP contribution in [0.1, 0.15) is 6.42 Å². The molecule has 1 saturated heterocycles. The largest absolute Gasteiger partial charge is 0.496 e. The van der Waals surface area contributed by atoms with Crippen LogP contribution in [0.3, 0.4) is 0 Å². The summed E-state index contributed by atoms with van der Waals surface area (Å²) in [6.07, 6.45) is 1.31. The van der Waals surface area contributed by atoms with E-state index < -0.39 is 0 Å². The molecule has 1 aliphatic heterocycles. The highest BCUT2D eigenvalue weighted by molar-refractivity contribution is 5.51. The first-order valence-corrected chi connectivity index (χ1v) is 4.21. The highest BCUT2D eigenvalue weighted by atomic mass is 16.5. The van der Waals surface area contributed by atoms with E-state index >= 15 is 0 Å². The molecule has 2 nitrogen and oxygen atoms in total. The molecular weight excluding hydrogens is 150 g/mol. The zero-order valence-corrected chi connectivity index (χ0v) is 7.21. The van der Waals surface area contributed by atoms with E-state index in [1.807, 2.05) is 12.1 Å². The van der Waals surface area contributed by atoms with Crippen molar-refractivity contribution in [1.82, 2.24) is 0 Å². The minimum Gasteiger partial charge on any atom is -0.496 e. The molecule has 0 aliphatic carbocycles. The second kappa shape index (κ2) is 3.05. The van der Waals surface area contributed by atoms with E-state index in [1.54, 1.807) is 7.11 Å². The highest BCUT2D eigenvalue weighted by Gasteiger charge is 2.14. The molecule has 1 aliphatic rings. The Morgan fingerprint density at radius 1 is 1.50 bits per heavy atom. The van der Waals surface area contributed by atoms with Gasteiger partial charge in [-0.1, -0.05) is 0 Å². The Morgan fingerprint density at radius 3 is 2.92 bits per heavy atom. The van der Waals surface area contributed by atoms with Crippen LogP contribution in [0.4, 0.5) is 5.69 Å². The predicted octanol–water partition coefficient (Wildman–Crippen LogP) is 1.71. The standard InChI is InChI=1S/C10H12NO/c1-12-10-5-2-4-9(8-10)11-6-3-7-11/h2,4,8H,3,6-7H2,1H3. The SMILES string of the molecule is COc1[c]ccc(N2CCC2)c1. The van der Waals surface area contributed by atoms with E-state index in [0.717, 1.165) is 5.75 Å². The zero-order valence-electron chi connectivity index (χ0n) is 7.21. The average Bonchev–Trinajstić information content (AvgIpc) is 2.02. The molecule has 0 atom stereocenters. The van der Waals surface area contributed by atoms with E-state index in [2.05, 4.69) is 17.0 Å². The molecule has 1 aromatic rings. The topological polar surface area (TPSA) is 12.5 Å². The smallest absolute Gasteiger partial charge is 0.128 e. The van der Waals surface area contributed by atoms with E-state index in [4.69, 9.17) is 4.74 Å². The molecule has 0 saturated carbocycles. The summed E-state index contributed by atoms with van der Waals surface area (Å²) in [4.78, 5) is 2.33. The lowest BCUT2D eigenvalue weighted by Crippen LogP contribution is -2.36. The fourth-order valence-electron chi connectivity index (χ4n) is 1.32. The van der Waals surface area contributed by atoms with Crippen LogP contribution >= 0.6 is 0 Å². The number of ether oxygens (including phenoxy) is 1. The van der Waals surface area contributed by atoms with Crippen LogP contribution in [0.5, 0.6) is 5.75 Å². The second-order valence-electron chi connectivity index (χ2n) is 2.96. The Hall–Kier alpha value is -1.18. The van der Waals surface area contributed by atoms with Gasteiger partial charge in [0.2, 0.25) is 0 Å². The van der Waals surface area contributed by atoms with Gasteiger partial charge in [-0.3, -0.25) is 0 Å². The molecule has 63 valence electrons.